The highest BCUT2D eigenvalue weighted by molar-refractivity contribution is 8.00. The number of rotatable bonds is 8. The van der Waals surface area contributed by atoms with Crippen LogP contribution in [-0.2, 0) is 9.59 Å². The highest BCUT2D eigenvalue weighted by Gasteiger charge is 2.34. The fraction of sp³-hybridized carbons (Fsp3) is 0.259. The van der Waals surface area contributed by atoms with Crippen LogP contribution in [0.1, 0.15) is 42.7 Å². The highest BCUT2D eigenvalue weighted by atomic mass is 32.2. The maximum atomic E-state index is 12.9. The Kier molecular flexibility index (Phi) is 7.35. The van der Waals surface area contributed by atoms with E-state index < -0.39 is 0 Å². The number of carbonyl (C=O) groups excluding carboxylic acids is 2. The molecule has 0 aromatic heterocycles. The van der Waals surface area contributed by atoms with Crippen LogP contribution in [0.3, 0.4) is 0 Å². The highest BCUT2D eigenvalue weighted by Crippen LogP contribution is 2.42. The van der Waals surface area contributed by atoms with Gasteiger partial charge in [-0.25, -0.2) is 0 Å². The van der Waals surface area contributed by atoms with Crippen molar-refractivity contribution in [3.8, 4) is 5.75 Å². The second-order valence-corrected chi connectivity index (χ2v) is 8.91. The summed E-state index contributed by atoms with van der Waals surface area (Å²) in [7, 11) is 0. The number of ether oxygens (including phenoxy) is 1. The van der Waals surface area contributed by atoms with Crippen LogP contribution in [0.5, 0.6) is 5.75 Å². The topological polar surface area (TPSA) is 58.6 Å². The molecule has 1 saturated heterocycles. The van der Waals surface area contributed by atoms with Gasteiger partial charge in [0.05, 0.1) is 18.3 Å². The third-order valence-corrected chi connectivity index (χ3v) is 6.90. The number of hydrogen-bond acceptors (Lipinski definition) is 4. The zero-order chi connectivity index (χ0) is 23.2. The first kappa shape index (κ1) is 22.9. The van der Waals surface area contributed by atoms with Crippen LogP contribution in [0.15, 0.2) is 78.9 Å². The largest absolute Gasteiger partial charge is 0.494 e. The van der Waals surface area contributed by atoms with E-state index >= 15 is 0 Å². The fourth-order valence-corrected chi connectivity index (χ4v) is 5.22. The minimum absolute atomic E-state index is 0.0158. The van der Waals surface area contributed by atoms with Crippen molar-refractivity contribution in [1.29, 1.82) is 0 Å². The molecule has 3 aromatic rings. The monoisotopic (exact) mass is 460 g/mol. The van der Waals surface area contributed by atoms with Gasteiger partial charge in [0.2, 0.25) is 11.8 Å². The van der Waals surface area contributed by atoms with Gasteiger partial charge in [-0.15, -0.1) is 11.8 Å². The Labute approximate surface area is 199 Å². The van der Waals surface area contributed by atoms with Gasteiger partial charge in [0.1, 0.15) is 11.1 Å². The molecule has 1 fully saturated rings. The van der Waals surface area contributed by atoms with E-state index in [0.29, 0.717) is 12.4 Å². The molecule has 0 radical (unpaired) electrons. The molecule has 4 rings (SSSR count). The molecule has 0 aliphatic carbocycles. The van der Waals surface area contributed by atoms with Crippen molar-refractivity contribution in [2.45, 2.75) is 31.6 Å². The molecule has 6 heteroatoms. The van der Waals surface area contributed by atoms with Gasteiger partial charge in [-0.05, 0) is 60.9 Å². The van der Waals surface area contributed by atoms with Crippen molar-refractivity contribution in [2.75, 3.05) is 22.6 Å². The van der Waals surface area contributed by atoms with E-state index in [0.717, 1.165) is 34.7 Å². The zero-order valence-electron chi connectivity index (χ0n) is 18.9. The quantitative estimate of drug-likeness (QED) is 0.448. The Balaban J connectivity index is 1.47. The van der Waals surface area contributed by atoms with E-state index in [2.05, 4.69) is 5.32 Å². The second-order valence-electron chi connectivity index (χ2n) is 7.84. The summed E-state index contributed by atoms with van der Waals surface area (Å²) in [5.41, 5.74) is 3.64. The Hall–Kier alpha value is -3.25. The average Bonchev–Trinajstić information content (AvgIpc) is 3.23. The molecule has 1 aliphatic rings. The van der Waals surface area contributed by atoms with Gasteiger partial charge in [0, 0.05) is 11.4 Å². The van der Waals surface area contributed by atoms with Crippen molar-refractivity contribution in [2.24, 2.45) is 0 Å². The van der Waals surface area contributed by atoms with Crippen LogP contribution in [0.2, 0.25) is 0 Å². The van der Waals surface area contributed by atoms with Crippen LogP contribution in [0.4, 0.5) is 11.4 Å². The maximum Gasteiger partial charge on any atom is 0.238 e. The summed E-state index contributed by atoms with van der Waals surface area (Å²) >= 11 is 1.60. The van der Waals surface area contributed by atoms with Gasteiger partial charge in [-0.3, -0.25) is 14.5 Å². The molecule has 1 heterocycles. The molecule has 170 valence electrons. The number of carbonyl (C=O) groups is 2. The Morgan fingerprint density at radius 2 is 1.73 bits per heavy atom. The molecule has 2 atom stereocenters. The lowest BCUT2D eigenvalue weighted by Gasteiger charge is -2.25. The first-order valence-electron chi connectivity index (χ1n) is 11.2. The number of nitrogens with one attached hydrogen (secondary N) is 1. The first-order valence-corrected chi connectivity index (χ1v) is 12.3. The summed E-state index contributed by atoms with van der Waals surface area (Å²) in [6.07, 6.45) is 0.728. The second kappa shape index (κ2) is 10.6. The Morgan fingerprint density at radius 3 is 2.36 bits per heavy atom. The van der Waals surface area contributed by atoms with Crippen molar-refractivity contribution in [3.05, 3.63) is 90.0 Å². The summed E-state index contributed by atoms with van der Waals surface area (Å²) in [6, 6.07) is 25.2. The van der Waals surface area contributed by atoms with Crippen LogP contribution < -0.4 is 15.0 Å². The molecule has 0 spiro atoms. The number of hydrogen-bond donors (Lipinski definition) is 1. The van der Waals surface area contributed by atoms with E-state index in [4.69, 9.17) is 4.74 Å². The van der Waals surface area contributed by atoms with Crippen molar-refractivity contribution in [1.82, 2.24) is 0 Å². The van der Waals surface area contributed by atoms with Gasteiger partial charge in [0.15, 0.2) is 0 Å². The molecule has 0 bridgehead atoms. The Morgan fingerprint density at radius 1 is 1.03 bits per heavy atom. The van der Waals surface area contributed by atoms with E-state index in [1.54, 1.807) is 11.8 Å². The van der Waals surface area contributed by atoms with Crippen LogP contribution >= 0.6 is 11.8 Å². The molecule has 0 saturated carbocycles. The molecular formula is C27H28N2O3S. The number of amides is 2. The van der Waals surface area contributed by atoms with Crippen molar-refractivity contribution < 1.29 is 14.3 Å². The van der Waals surface area contributed by atoms with Crippen LogP contribution in [0.25, 0.3) is 0 Å². The average molecular weight is 461 g/mol. The van der Waals surface area contributed by atoms with Gasteiger partial charge in [0.25, 0.3) is 0 Å². The molecule has 1 N–H and O–H groups in total. The predicted octanol–water partition coefficient (Wildman–Crippen LogP) is 6.00. The summed E-state index contributed by atoms with van der Waals surface area (Å²) < 4.78 is 5.52. The molecule has 0 unspecified atom stereocenters. The summed E-state index contributed by atoms with van der Waals surface area (Å²) in [5.74, 6) is 1.10. The number of nitrogens with zero attached hydrogens (tertiary/aromatic N) is 1. The molecular weight excluding hydrogens is 432 g/mol. The molecule has 1 aliphatic heterocycles. The number of thioether (sulfide) groups is 1. The summed E-state index contributed by atoms with van der Waals surface area (Å²) in [5, 5.41) is 2.94. The first-order chi connectivity index (χ1) is 16.1. The minimum Gasteiger partial charge on any atom is -0.494 e. The normalized spacial score (nSPS) is 16.5. The fourth-order valence-electron chi connectivity index (χ4n) is 4.04. The van der Waals surface area contributed by atoms with Crippen molar-refractivity contribution >= 4 is 35.0 Å². The lowest BCUT2D eigenvalue weighted by atomic mass is 9.95. The third-order valence-electron chi connectivity index (χ3n) is 5.68. The van der Waals surface area contributed by atoms with Gasteiger partial charge < -0.3 is 10.1 Å². The summed E-state index contributed by atoms with van der Waals surface area (Å²) in [6.45, 7) is 4.57. The molecule has 2 amide bonds. The van der Waals surface area contributed by atoms with Crippen LogP contribution in [-0.4, -0.2) is 24.2 Å². The van der Waals surface area contributed by atoms with Gasteiger partial charge in [-0.2, -0.15) is 0 Å². The number of anilines is 2. The predicted molar refractivity (Wildman–Crippen MR) is 135 cm³/mol. The molecule has 5 nitrogen and oxygen atoms in total. The standard InChI is InChI=1S/C27H28N2O3S/c1-3-24(19-8-6-5-7-9-19)26(31)28-21-12-10-20(11-13-21)27-29(25(30)18-33-27)22-14-16-23(17-15-22)32-4-2/h5-17,24,27H,3-4,18H2,1-2H3,(H,28,31)/t24-,27+/m0/s1. The molecule has 33 heavy (non-hydrogen) atoms. The Bertz CT molecular complexity index is 1080. The zero-order valence-corrected chi connectivity index (χ0v) is 19.7. The van der Waals surface area contributed by atoms with Crippen molar-refractivity contribution in [3.63, 3.8) is 0 Å². The van der Waals surface area contributed by atoms with E-state index in [-0.39, 0.29) is 23.1 Å². The SMILES string of the molecule is CCOc1ccc(N2C(=O)CS[C@@H]2c2ccc(NC(=O)[C@@H](CC)c3ccccc3)cc2)cc1. The van der Waals surface area contributed by atoms with Gasteiger partial charge >= 0.3 is 0 Å². The number of benzene rings is 3. The minimum atomic E-state index is -0.191. The lowest BCUT2D eigenvalue weighted by molar-refractivity contribution is -0.118. The third kappa shape index (κ3) is 5.22. The smallest absolute Gasteiger partial charge is 0.238 e. The lowest BCUT2D eigenvalue weighted by Crippen LogP contribution is -2.27. The summed E-state index contributed by atoms with van der Waals surface area (Å²) in [4.78, 5) is 27.3. The van der Waals surface area contributed by atoms with Gasteiger partial charge in [-0.1, -0.05) is 49.4 Å². The van der Waals surface area contributed by atoms with E-state index in [9.17, 15) is 9.59 Å². The van der Waals surface area contributed by atoms with Crippen LogP contribution in [0, 0.1) is 0 Å². The van der Waals surface area contributed by atoms with E-state index in [1.807, 2.05) is 97.6 Å². The van der Waals surface area contributed by atoms with E-state index in [1.165, 1.54) is 0 Å². The molecule has 3 aromatic carbocycles. The maximum absolute atomic E-state index is 12.9.